The molecule has 2 aromatic rings. The number of rotatable bonds is 8. The summed E-state index contributed by atoms with van der Waals surface area (Å²) in [6.45, 7) is 2.54. The lowest BCUT2D eigenvalue weighted by Crippen LogP contribution is -2.33. The highest BCUT2D eigenvalue weighted by molar-refractivity contribution is 5.35. The van der Waals surface area contributed by atoms with Gasteiger partial charge >= 0.3 is 0 Å². The Morgan fingerprint density at radius 1 is 1.17 bits per heavy atom. The normalized spacial score (nSPS) is 13.3. The van der Waals surface area contributed by atoms with Crippen LogP contribution >= 0.6 is 0 Å². The van der Waals surface area contributed by atoms with Crippen molar-refractivity contribution in [3.8, 4) is 5.75 Å². The third-order valence-corrected chi connectivity index (χ3v) is 3.45. The fourth-order valence-corrected chi connectivity index (χ4v) is 2.09. The van der Waals surface area contributed by atoms with Crippen LogP contribution in [0.1, 0.15) is 18.5 Å². The van der Waals surface area contributed by atoms with E-state index in [1.165, 1.54) is 24.3 Å². The number of benzene rings is 2. The first-order valence-electron chi connectivity index (χ1n) is 7.40. The molecule has 0 aromatic heterocycles. The van der Waals surface area contributed by atoms with E-state index in [0.717, 1.165) is 5.56 Å². The molecule has 0 unspecified atom stereocenters. The maximum absolute atomic E-state index is 10.6. The van der Waals surface area contributed by atoms with Crippen LogP contribution in [0.3, 0.4) is 0 Å². The summed E-state index contributed by atoms with van der Waals surface area (Å²) in [5.41, 5.74) is 1.16. The fourth-order valence-electron chi connectivity index (χ4n) is 2.09. The second-order valence-electron chi connectivity index (χ2n) is 5.26. The predicted octanol–water partition coefficient (Wildman–Crippen LogP) is 2.69. The molecule has 0 saturated carbocycles. The van der Waals surface area contributed by atoms with Crippen molar-refractivity contribution in [2.24, 2.45) is 0 Å². The van der Waals surface area contributed by atoms with Crippen LogP contribution in [0.4, 0.5) is 5.69 Å². The second-order valence-corrected chi connectivity index (χ2v) is 5.26. The molecule has 122 valence electrons. The zero-order chi connectivity index (χ0) is 16.7. The molecule has 0 saturated heterocycles. The Hall–Kier alpha value is -2.44. The Balaban J connectivity index is 1.74. The lowest BCUT2D eigenvalue weighted by Gasteiger charge is -2.18. The molecule has 2 atom stereocenters. The number of non-ortho nitro benzene ring substituents is 1. The maximum atomic E-state index is 10.6. The van der Waals surface area contributed by atoms with E-state index in [0.29, 0.717) is 12.3 Å². The SMILES string of the molecule is C[C@@H](NC[C@@H](O)COc1ccc([N+](=O)[O-])cc1)c1ccccc1. The van der Waals surface area contributed by atoms with Crippen molar-refractivity contribution in [2.45, 2.75) is 19.1 Å². The first kappa shape index (κ1) is 16.9. The van der Waals surface area contributed by atoms with Crippen LogP contribution in [0.25, 0.3) is 0 Å². The molecule has 0 fully saturated rings. The van der Waals surface area contributed by atoms with Crippen molar-refractivity contribution in [1.82, 2.24) is 5.32 Å². The lowest BCUT2D eigenvalue weighted by molar-refractivity contribution is -0.384. The number of nitro benzene ring substituents is 1. The van der Waals surface area contributed by atoms with Crippen LogP contribution in [-0.2, 0) is 0 Å². The van der Waals surface area contributed by atoms with Gasteiger partial charge in [-0.2, -0.15) is 0 Å². The predicted molar refractivity (Wildman–Crippen MR) is 87.5 cm³/mol. The minimum atomic E-state index is -0.670. The number of hydrogen-bond donors (Lipinski definition) is 2. The van der Waals surface area contributed by atoms with Crippen molar-refractivity contribution < 1.29 is 14.8 Å². The van der Waals surface area contributed by atoms with Gasteiger partial charge in [0.15, 0.2) is 0 Å². The number of hydrogen-bond acceptors (Lipinski definition) is 5. The van der Waals surface area contributed by atoms with E-state index in [9.17, 15) is 15.2 Å². The highest BCUT2D eigenvalue weighted by atomic mass is 16.6. The zero-order valence-electron chi connectivity index (χ0n) is 12.9. The Kier molecular flexibility index (Phi) is 6.08. The monoisotopic (exact) mass is 316 g/mol. The van der Waals surface area contributed by atoms with Crippen LogP contribution in [0, 0.1) is 10.1 Å². The van der Waals surface area contributed by atoms with E-state index in [2.05, 4.69) is 5.32 Å². The molecule has 6 nitrogen and oxygen atoms in total. The molecule has 0 radical (unpaired) electrons. The van der Waals surface area contributed by atoms with E-state index in [1.807, 2.05) is 37.3 Å². The third kappa shape index (κ3) is 5.36. The molecule has 2 rings (SSSR count). The summed E-state index contributed by atoms with van der Waals surface area (Å²) in [6, 6.07) is 15.9. The van der Waals surface area contributed by atoms with E-state index in [1.54, 1.807) is 0 Å². The van der Waals surface area contributed by atoms with Gasteiger partial charge in [-0.3, -0.25) is 10.1 Å². The van der Waals surface area contributed by atoms with Crippen molar-refractivity contribution in [2.75, 3.05) is 13.2 Å². The molecule has 2 aromatic carbocycles. The molecule has 23 heavy (non-hydrogen) atoms. The molecule has 0 spiro atoms. The molecule has 6 heteroatoms. The average molecular weight is 316 g/mol. The molecule has 2 N–H and O–H groups in total. The van der Waals surface area contributed by atoms with Gasteiger partial charge in [-0.15, -0.1) is 0 Å². The van der Waals surface area contributed by atoms with Gasteiger partial charge in [0.2, 0.25) is 0 Å². The molecule has 0 amide bonds. The lowest BCUT2D eigenvalue weighted by atomic mass is 10.1. The molecular weight excluding hydrogens is 296 g/mol. The van der Waals surface area contributed by atoms with Gasteiger partial charge in [-0.05, 0) is 24.6 Å². The summed E-state index contributed by atoms with van der Waals surface area (Å²) in [7, 11) is 0. The summed E-state index contributed by atoms with van der Waals surface area (Å²) < 4.78 is 5.43. The highest BCUT2D eigenvalue weighted by Crippen LogP contribution is 2.17. The number of aliphatic hydroxyl groups is 1. The minimum absolute atomic E-state index is 0.0104. The van der Waals surface area contributed by atoms with E-state index in [4.69, 9.17) is 4.74 Å². The molecule has 0 bridgehead atoms. The number of aliphatic hydroxyl groups excluding tert-OH is 1. The van der Waals surface area contributed by atoms with E-state index >= 15 is 0 Å². The standard InChI is InChI=1S/C17H20N2O4/c1-13(14-5-3-2-4-6-14)18-11-16(20)12-23-17-9-7-15(8-10-17)19(21)22/h2-10,13,16,18,20H,11-12H2,1H3/t13-,16-/m1/s1. The first-order valence-corrected chi connectivity index (χ1v) is 7.40. The number of nitro groups is 1. The Morgan fingerprint density at radius 2 is 1.83 bits per heavy atom. The molecule has 0 aliphatic carbocycles. The first-order chi connectivity index (χ1) is 11.1. The van der Waals surface area contributed by atoms with Crippen molar-refractivity contribution in [3.05, 3.63) is 70.3 Å². The Bertz CT molecular complexity index is 616. The van der Waals surface area contributed by atoms with Crippen LogP contribution in [0.15, 0.2) is 54.6 Å². The van der Waals surface area contributed by atoms with Crippen LogP contribution in [0.2, 0.25) is 0 Å². The van der Waals surface area contributed by atoms with Crippen LogP contribution in [-0.4, -0.2) is 29.3 Å². The quantitative estimate of drug-likeness (QED) is 0.578. The van der Waals surface area contributed by atoms with Gasteiger partial charge < -0.3 is 15.2 Å². The van der Waals surface area contributed by atoms with Gasteiger partial charge in [-0.1, -0.05) is 30.3 Å². The summed E-state index contributed by atoms with van der Waals surface area (Å²) in [4.78, 5) is 10.1. The van der Waals surface area contributed by atoms with Crippen molar-refractivity contribution in [1.29, 1.82) is 0 Å². The van der Waals surface area contributed by atoms with Crippen LogP contribution in [0.5, 0.6) is 5.75 Å². The van der Waals surface area contributed by atoms with Gasteiger partial charge in [0.05, 0.1) is 4.92 Å². The van der Waals surface area contributed by atoms with Gasteiger partial charge in [-0.25, -0.2) is 0 Å². The Morgan fingerprint density at radius 3 is 2.43 bits per heavy atom. The topological polar surface area (TPSA) is 84.6 Å². The van der Waals surface area contributed by atoms with Gasteiger partial charge in [0.25, 0.3) is 5.69 Å². The summed E-state index contributed by atoms with van der Waals surface area (Å²) >= 11 is 0. The van der Waals surface area contributed by atoms with Crippen molar-refractivity contribution >= 4 is 5.69 Å². The largest absolute Gasteiger partial charge is 0.491 e. The molecular formula is C17H20N2O4. The maximum Gasteiger partial charge on any atom is 0.269 e. The third-order valence-electron chi connectivity index (χ3n) is 3.45. The summed E-state index contributed by atoms with van der Waals surface area (Å²) in [5.74, 6) is 0.491. The summed E-state index contributed by atoms with van der Waals surface area (Å²) in [6.07, 6.45) is -0.670. The van der Waals surface area contributed by atoms with Gasteiger partial charge in [0.1, 0.15) is 18.5 Å². The highest BCUT2D eigenvalue weighted by Gasteiger charge is 2.10. The Labute approximate surface area is 134 Å². The van der Waals surface area contributed by atoms with E-state index in [-0.39, 0.29) is 18.3 Å². The summed E-state index contributed by atoms with van der Waals surface area (Å²) in [5, 5.41) is 23.8. The number of ether oxygens (including phenoxy) is 1. The number of nitrogens with zero attached hydrogens (tertiary/aromatic N) is 1. The van der Waals surface area contributed by atoms with Crippen LogP contribution < -0.4 is 10.1 Å². The fraction of sp³-hybridized carbons (Fsp3) is 0.294. The van der Waals surface area contributed by atoms with Gasteiger partial charge in [0, 0.05) is 24.7 Å². The zero-order valence-corrected chi connectivity index (χ0v) is 12.9. The smallest absolute Gasteiger partial charge is 0.269 e. The minimum Gasteiger partial charge on any atom is -0.491 e. The van der Waals surface area contributed by atoms with Crippen molar-refractivity contribution in [3.63, 3.8) is 0 Å². The second kappa shape index (κ2) is 8.26. The van der Waals surface area contributed by atoms with E-state index < -0.39 is 11.0 Å². The molecule has 0 aliphatic rings. The number of nitrogens with one attached hydrogen (secondary N) is 1. The molecule has 0 aliphatic heterocycles. The average Bonchev–Trinajstić information content (AvgIpc) is 2.59. The molecule has 0 heterocycles.